The van der Waals surface area contributed by atoms with E-state index in [4.69, 9.17) is 0 Å². The molecule has 1 fully saturated rings. The van der Waals surface area contributed by atoms with Crippen LogP contribution in [-0.2, 0) is 11.2 Å². The highest BCUT2D eigenvalue weighted by molar-refractivity contribution is 6.11. The number of aryl methyl sites for hydroxylation is 2. The monoisotopic (exact) mass is 391 g/mol. The first-order chi connectivity index (χ1) is 13.9. The largest absolute Gasteiger partial charge is 0.344 e. The van der Waals surface area contributed by atoms with E-state index in [1.807, 2.05) is 55.5 Å². The number of aromatic nitrogens is 2. The number of amides is 4. The minimum absolute atomic E-state index is 0.127. The van der Waals surface area contributed by atoms with E-state index in [1.54, 1.807) is 6.92 Å². The fraction of sp³-hybridized carbons (Fsp3) is 0.238. The summed E-state index contributed by atoms with van der Waals surface area (Å²) < 4.78 is 0. The van der Waals surface area contributed by atoms with Gasteiger partial charge in [-0.3, -0.25) is 20.1 Å². The normalized spacial score (nSPS) is 18.9. The molecule has 1 unspecified atom stereocenters. The van der Waals surface area contributed by atoms with Gasteiger partial charge < -0.3 is 5.32 Å². The minimum atomic E-state index is -1.09. The molecule has 4 rings (SSSR count). The quantitative estimate of drug-likeness (QED) is 0.581. The van der Waals surface area contributed by atoms with Crippen molar-refractivity contribution in [2.75, 3.05) is 0 Å². The van der Waals surface area contributed by atoms with Crippen LogP contribution in [0.3, 0.4) is 0 Å². The van der Waals surface area contributed by atoms with E-state index in [0.717, 1.165) is 16.1 Å². The maximum atomic E-state index is 12.9. The Morgan fingerprint density at radius 3 is 2.69 bits per heavy atom. The number of fused-ring (bicyclic) bond motifs is 1. The van der Waals surface area contributed by atoms with Crippen molar-refractivity contribution >= 4 is 28.7 Å². The van der Waals surface area contributed by atoms with Gasteiger partial charge in [0.25, 0.3) is 11.8 Å². The van der Waals surface area contributed by atoms with Crippen LogP contribution in [-0.4, -0.2) is 38.6 Å². The molecule has 4 amide bonds. The van der Waals surface area contributed by atoms with Crippen LogP contribution < -0.4 is 10.7 Å². The maximum Gasteiger partial charge on any atom is 0.344 e. The zero-order chi connectivity index (χ0) is 20.6. The Bertz CT molecular complexity index is 1110. The molecular weight excluding hydrogens is 370 g/mol. The van der Waals surface area contributed by atoms with Crippen LogP contribution in [0, 0.1) is 6.92 Å². The summed E-state index contributed by atoms with van der Waals surface area (Å²) in [6, 6.07) is 14.6. The second-order valence-corrected chi connectivity index (χ2v) is 7.45. The molecule has 0 bridgehead atoms. The lowest BCUT2D eigenvalue weighted by molar-refractivity contribution is -0.132. The highest BCUT2D eigenvalue weighted by Gasteiger charge is 2.48. The predicted molar refractivity (Wildman–Crippen MR) is 107 cm³/mol. The smallest absolute Gasteiger partial charge is 0.322 e. The molecule has 3 aromatic rings. The molecule has 29 heavy (non-hydrogen) atoms. The van der Waals surface area contributed by atoms with Gasteiger partial charge in [-0.1, -0.05) is 42.0 Å². The summed E-state index contributed by atoms with van der Waals surface area (Å²) >= 11 is 0. The summed E-state index contributed by atoms with van der Waals surface area (Å²) in [6.07, 6.45) is 1.03. The van der Waals surface area contributed by atoms with Gasteiger partial charge in [0, 0.05) is 5.39 Å². The first-order valence-electron chi connectivity index (χ1n) is 9.34. The van der Waals surface area contributed by atoms with Crippen molar-refractivity contribution in [1.29, 1.82) is 0 Å². The number of urea groups is 1. The van der Waals surface area contributed by atoms with Gasteiger partial charge in [0.15, 0.2) is 5.69 Å². The van der Waals surface area contributed by atoms with Crippen molar-refractivity contribution < 1.29 is 14.4 Å². The summed E-state index contributed by atoms with van der Waals surface area (Å²) in [5, 5.41) is 10.9. The summed E-state index contributed by atoms with van der Waals surface area (Å²) in [4.78, 5) is 38.0. The Morgan fingerprint density at radius 1 is 1.17 bits per heavy atom. The first-order valence-corrected chi connectivity index (χ1v) is 9.34. The summed E-state index contributed by atoms with van der Waals surface area (Å²) in [5.41, 5.74) is 4.17. The zero-order valence-corrected chi connectivity index (χ0v) is 16.2. The van der Waals surface area contributed by atoms with Gasteiger partial charge in [-0.05, 0) is 44.4 Å². The first kappa shape index (κ1) is 18.7. The van der Waals surface area contributed by atoms with Gasteiger partial charge in [0.1, 0.15) is 5.54 Å². The molecule has 2 aromatic carbocycles. The lowest BCUT2D eigenvalue weighted by Crippen LogP contribution is -2.49. The predicted octanol–water partition coefficient (Wildman–Crippen LogP) is 2.46. The molecule has 1 atom stereocenters. The number of carbonyl (C=O) groups excluding carboxylic acids is 3. The molecule has 0 spiro atoms. The third kappa shape index (κ3) is 3.44. The van der Waals surface area contributed by atoms with Crippen LogP contribution in [0.15, 0.2) is 48.5 Å². The standard InChI is InChI=1S/C21H21N5O3/c1-13-8-9-16-15(12-13)17(24-23-16)18(27)25-26-19(28)21(2,22-20(26)29)11-10-14-6-4-3-5-7-14/h3-9,12H,10-11H2,1-2H3,(H,22,29)(H,23,24)(H,25,27). The molecule has 0 aliphatic carbocycles. The minimum Gasteiger partial charge on any atom is -0.322 e. The number of imide groups is 1. The number of nitrogens with one attached hydrogen (secondary N) is 3. The van der Waals surface area contributed by atoms with Crippen LogP contribution in [0.1, 0.15) is 35.0 Å². The Kier molecular flexibility index (Phi) is 4.54. The Hall–Kier alpha value is -3.68. The number of rotatable bonds is 5. The number of nitrogens with zero attached hydrogens (tertiary/aromatic N) is 2. The van der Waals surface area contributed by atoms with E-state index in [-0.39, 0.29) is 5.69 Å². The molecule has 3 N–H and O–H groups in total. The molecule has 8 heteroatoms. The van der Waals surface area contributed by atoms with Crippen LogP contribution in [0.5, 0.6) is 0 Å². The number of hydrazine groups is 1. The SMILES string of the molecule is Cc1ccc2[nH]nc(C(=O)NN3C(=O)NC(C)(CCc4ccccc4)C3=O)c2c1. The van der Waals surface area contributed by atoms with Gasteiger partial charge >= 0.3 is 6.03 Å². The van der Waals surface area contributed by atoms with Crippen LogP contribution in [0.25, 0.3) is 10.9 Å². The van der Waals surface area contributed by atoms with E-state index in [0.29, 0.717) is 23.7 Å². The lowest BCUT2D eigenvalue weighted by Gasteiger charge is -2.21. The maximum absolute atomic E-state index is 12.9. The zero-order valence-electron chi connectivity index (χ0n) is 16.2. The average Bonchev–Trinajstić information content (AvgIpc) is 3.21. The van der Waals surface area contributed by atoms with Gasteiger partial charge in [0.05, 0.1) is 5.52 Å². The van der Waals surface area contributed by atoms with Gasteiger partial charge in [-0.2, -0.15) is 10.1 Å². The Morgan fingerprint density at radius 2 is 1.93 bits per heavy atom. The Labute approximate surface area is 167 Å². The number of H-pyrrole nitrogens is 1. The number of benzene rings is 2. The molecule has 1 aliphatic rings. The summed E-state index contributed by atoms with van der Waals surface area (Å²) in [5.74, 6) is -1.12. The van der Waals surface area contributed by atoms with E-state index in [2.05, 4.69) is 20.9 Å². The van der Waals surface area contributed by atoms with Crippen LogP contribution in [0.4, 0.5) is 4.79 Å². The second kappa shape index (κ2) is 7.05. The van der Waals surface area contributed by atoms with Crippen LogP contribution >= 0.6 is 0 Å². The number of aromatic amines is 1. The molecule has 0 saturated carbocycles. The number of hydrogen-bond acceptors (Lipinski definition) is 4. The fourth-order valence-electron chi connectivity index (χ4n) is 3.45. The van der Waals surface area contributed by atoms with Crippen molar-refractivity contribution in [3.8, 4) is 0 Å². The summed E-state index contributed by atoms with van der Waals surface area (Å²) in [6.45, 7) is 3.57. The molecule has 1 aromatic heterocycles. The van der Waals surface area contributed by atoms with E-state index < -0.39 is 23.4 Å². The van der Waals surface area contributed by atoms with Crippen molar-refractivity contribution in [1.82, 2.24) is 25.9 Å². The van der Waals surface area contributed by atoms with Crippen molar-refractivity contribution in [3.05, 3.63) is 65.4 Å². The number of hydrogen-bond donors (Lipinski definition) is 3. The van der Waals surface area contributed by atoms with Gasteiger partial charge in [-0.15, -0.1) is 0 Å². The summed E-state index contributed by atoms with van der Waals surface area (Å²) in [7, 11) is 0. The average molecular weight is 391 g/mol. The number of carbonyl (C=O) groups is 3. The third-order valence-electron chi connectivity index (χ3n) is 5.16. The molecule has 2 heterocycles. The van der Waals surface area contributed by atoms with E-state index in [9.17, 15) is 14.4 Å². The van der Waals surface area contributed by atoms with Crippen LogP contribution in [0.2, 0.25) is 0 Å². The topological polar surface area (TPSA) is 107 Å². The molecule has 1 aliphatic heterocycles. The third-order valence-corrected chi connectivity index (χ3v) is 5.16. The van der Waals surface area contributed by atoms with Crippen molar-refractivity contribution in [2.24, 2.45) is 0 Å². The fourth-order valence-corrected chi connectivity index (χ4v) is 3.45. The van der Waals surface area contributed by atoms with Gasteiger partial charge in [-0.25, -0.2) is 4.79 Å². The molecule has 148 valence electrons. The van der Waals surface area contributed by atoms with Crippen molar-refractivity contribution in [2.45, 2.75) is 32.2 Å². The molecule has 0 radical (unpaired) electrons. The van der Waals surface area contributed by atoms with Gasteiger partial charge in [0.2, 0.25) is 0 Å². The Balaban J connectivity index is 1.50. The van der Waals surface area contributed by atoms with Crippen molar-refractivity contribution in [3.63, 3.8) is 0 Å². The highest BCUT2D eigenvalue weighted by Crippen LogP contribution is 2.23. The molecule has 1 saturated heterocycles. The highest BCUT2D eigenvalue weighted by atomic mass is 16.2. The van der Waals surface area contributed by atoms with E-state index >= 15 is 0 Å². The molecular formula is C21H21N5O3. The lowest BCUT2D eigenvalue weighted by atomic mass is 9.93. The van der Waals surface area contributed by atoms with E-state index in [1.165, 1.54) is 0 Å². The molecule has 8 nitrogen and oxygen atoms in total. The second-order valence-electron chi connectivity index (χ2n) is 7.45.